The van der Waals surface area contributed by atoms with E-state index in [0.29, 0.717) is 13.0 Å². The van der Waals surface area contributed by atoms with Crippen molar-refractivity contribution in [2.75, 3.05) is 13.1 Å². The van der Waals surface area contributed by atoms with Crippen molar-refractivity contribution in [3.63, 3.8) is 0 Å². The Bertz CT molecular complexity index is 338. The van der Waals surface area contributed by atoms with Crippen LogP contribution in [-0.2, 0) is 9.59 Å². The maximum Gasteiger partial charge on any atom is 0.225 e. The number of nitrogens with two attached hydrogens (primary N) is 2. The van der Waals surface area contributed by atoms with E-state index in [0.717, 1.165) is 38.6 Å². The summed E-state index contributed by atoms with van der Waals surface area (Å²) in [6, 6.07) is 0.185. The Morgan fingerprint density at radius 3 is 2.53 bits per heavy atom. The molecule has 1 saturated carbocycles. The Morgan fingerprint density at radius 2 is 1.95 bits per heavy atom. The highest BCUT2D eigenvalue weighted by Crippen LogP contribution is 2.28. The van der Waals surface area contributed by atoms with Crippen LogP contribution in [0.15, 0.2) is 0 Å². The van der Waals surface area contributed by atoms with Crippen LogP contribution in [0.3, 0.4) is 0 Å². The summed E-state index contributed by atoms with van der Waals surface area (Å²) in [6.07, 6.45) is 5.05. The van der Waals surface area contributed by atoms with Crippen LogP contribution in [0.4, 0.5) is 0 Å². The molecule has 0 bridgehead atoms. The van der Waals surface area contributed by atoms with E-state index >= 15 is 0 Å². The van der Waals surface area contributed by atoms with Gasteiger partial charge in [-0.05, 0) is 38.0 Å². The first-order chi connectivity index (χ1) is 8.56. The van der Waals surface area contributed by atoms with Crippen molar-refractivity contribution in [1.82, 2.24) is 4.90 Å². The standard InChI is InChI=1S/C13H23N3O2.ClH/c14-11-4-3-10(7-11)13(18)16-5-1-2-9(8-16)6-12(15)17;/h9-11H,1-8,14H2,(H2,15,17);1H. The van der Waals surface area contributed by atoms with Crippen LogP contribution in [0.5, 0.6) is 0 Å². The first-order valence-corrected chi connectivity index (χ1v) is 6.89. The molecule has 110 valence electrons. The van der Waals surface area contributed by atoms with Gasteiger partial charge in [-0.15, -0.1) is 12.4 Å². The smallest absolute Gasteiger partial charge is 0.225 e. The third-order valence-corrected chi connectivity index (χ3v) is 4.14. The fourth-order valence-corrected chi connectivity index (χ4v) is 3.22. The van der Waals surface area contributed by atoms with E-state index < -0.39 is 0 Å². The molecule has 1 aliphatic carbocycles. The minimum atomic E-state index is -0.266. The Kier molecular flexibility index (Phi) is 6.07. The van der Waals surface area contributed by atoms with Crippen molar-refractivity contribution >= 4 is 24.2 Å². The van der Waals surface area contributed by atoms with Gasteiger partial charge >= 0.3 is 0 Å². The summed E-state index contributed by atoms with van der Waals surface area (Å²) in [6.45, 7) is 1.51. The Balaban J connectivity index is 0.00000180. The third-order valence-electron chi connectivity index (χ3n) is 4.14. The van der Waals surface area contributed by atoms with Crippen LogP contribution >= 0.6 is 12.4 Å². The molecule has 19 heavy (non-hydrogen) atoms. The predicted octanol–water partition coefficient (Wildman–Crippen LogP) is 0.650. The van der Waals surface area contributed by atoms with Crippen LogP contribution in [0.2, 0.25) is 0 Å². The number of halogens is 1. The van der Waals surface area contributed by atoms with Gasteiger partial charge in [0.25, 0.3) is 0 Å². The molecule has 0 aromatic heterocycles. The SMILES string of the molecule is Cl.NC(=O)CC1CCCN(C(=O)C2CCC(N)C2)C1. The van der Waals surface area contributed by atoms with E-state index in [9.17, 15) is 9.59 Å². The fourth-order valence-electron chi connectivity index (χ4n) is 3.22. The zero-order chi connectivity index (χ0) is 13.1. The maximum atomic E-state index is 12.3. The number of piperidine rings is 1. The topological polar surface area (TPSA) is 89.4 Å². The lowest BCUT2D eigenvalue weighted by atomic mass is 9.93. The van der Waals surface area contributed by atoms with Crippen molar-refractivity contribution in [2.45, 2.75) is 44.6 Å². The van der Waals surface area contributed by atoms with E-state index in [-0.39, 0.29) is 42.1 Å². The van der Waals surface area contributed by atoms with Crippen LogP contribution in [0.1, 0.15) is 38.5 Å². The summed E-state index contributed by atoms with van der Waals surface area (Å²) in [4.78, 5) is 25.2. The summed E-state index contributed by atoms with van der Waals surface area (Å²) >= 11 is 0. The van der Waals surface area contributed by atoms with E-state index in [1.54, 1.807) is 0 Å². The summed E-state index contributed by atoms with van der Waals surface area (Å²) < 4.78 is 0. The van der Waals surface area contributed by atoms with Gasteiger partial charge in [-0.2, -0.15) is 0 Å². The largest absolute Gasteiger partial charge is 0.370 e. The molecule has 1 saturated heterocycles. The molecule has 4 N–H and O–H groups in total. The molecule has 0 spiro atoms. The molecule has 0 aromatic rings. The third kappa shape index (κ3) is 4.35. The second kappa shape index (κ2) is 7.10. The quantitative estimate of drug-likeness (QED) is 0.799. The zero-order valence-electron chi connectivity index (χ0n) is 11.2. The summed E-state index contributed by atoms with van der Waals surface area (Å²) in [7, 11) is 0. The van der Waals surface area contributed by atoms with Gasteiger partial charge in [0.15, 0.2) is 0 Å². The summed E-state index contributed by atoms with van der Waals surface area (Å²) in [5, 5.41) is 0. The summed E-state index contributed by atoms with van der Waals surface area (Å²) in [5.41, 5.74) is 11.1. The van der Waals surface area contributed by atoms with Crippen LogP contribution in [0, 0.1) is 11.8 Å². The molecule has 2 rings (SSSR count). The van der Waals surface area contributed by atoms with Gasteiger partial charge in [0.1, 0.15) is 0 Å². The van der Waals surface area contributed by atoms with Crippen molar-refractivity contribution in [3.05, 3.63) is 0 Å². The lowest BCUT2D eigenvalue weighted by Crippen LogP contribution is -2.43. The number of carbonyl (C=O) groups excluding carboxylic acids is 2. The average Bonchev–Trinajstić information content (AvgIpc) is 2.74. The van der Waals surface area contributed by atoms with Gasteiger partial charge in [-0.1, -0.05) is 0 Å². The first-order valence-electron chi connectivity index (χ1n) is 6.89. The van der Waals surface area contributed by atoms with Crippen molar-refractivity contribution in [2.24, 2.45) is 23.3 Å². The Hall–Kier alpha value is -0.810. The molecule has 3 unspecified atom stereocenters. The van der Waals surface area contributed by atoms with Crippen molar-refractivity contribution < 1.29 is 9.59 Å². The van der Waals surface area contributed by atoms with Crippen LogP contribution in [0.25, 0.3) is 0 Å². The number of hydrogen-bond acceptors (Lipinski definition) is 3. The number of amides is 2. The number of primary amides is 1. The molecule has 2 amide bonds. The maximum absolute atomic E-state index is 12.3. The summed E-state index contributed by atoms with van der Waals surface area (Å²) in [5.74, 6) is 0.317. The molecular formula is C13H24ClN3O2. The number of nitrogens with zero attached hydrogens (tertiary/aromatic N) is 1. The second-order valence-electron chi connectivity index (χ2n) is 5.73. The fraction of sp³-hybridized carbons (Fsp3) is 0.846. The first kappa shape index (κ1) is 16.2. The van der Waals surface area contributed by atoms with E-state index in [4.69, 9.17) is 11.5 Å². The van der Waals surface area contributed by atoms with Gasteiger partial charge < -0.3 is 16.4 Å². The molecule has 2 aliphatic rings. The van der Waals surface area contributed by atoms with Crippen molar-refractivity contribution in [1.29, 1.82) is 0 Å². The normalized spacial score (nSPS) is 30.8. The highest BCUT2D eigenvalue weighted by Gasteiger charge is 2.33. The Labute approximate surface area is 120 Å². The lowest BCUT2D eigenvalue weighted by Gasteiger charge is -2.34. The molecular weight excluding hydrogens is 266 g/mol. The lowest BCUT2D eigenvalue weighted by molar-refractivity contribution is -0.138. The number of rotatable bonds is 3. The monoisotopic (exact) mass is 289 g/mol. The Morgan fingerprint density at radius 1 is 1.21 bits per heavy atom. The minimum absolute atomic E-state index is 0. The molecule has 6 heteroatoms. The van der Waals surface area contributed by atoms with Crippen molar-refractivity contribution in [3.8, 4) is 0 Å². The van der Waals surface area contributed by atoms with Gasteiger partial charge in [-0.25, -0.2) is 0 Å². The van der Waals surface area contributed by atoms with E-state index in [1.807, 2.05) is 4.90 Å². The van der Waals surface area contributed by atoms with Gasteiger partial charge in [0, 0.05) is 31.5 Å². The average molecular weight is 290 g/mol. The van der Waals surface area contributed by atoms with Gasteiger partial charge in [0.05, 0.1) is 0 Å². The van der Waals surface area contributed by atoms with Crippen LogP contribution < -0.4 is 11.5 Å². The highest BCUT2D eigenvalue weighted by atomic mass is 35.5. The second-order valence-corrected chi connectivity index (χ2v) is 5.73. The number of hydrogen-bond donors (Lipinski definition) is 2. The van der Waals surface area contributed by atoms with E-state index in [1.165, 1.54) is 0 Å². The molecule has 1 heterocycles. The molecule has 0 radical (unpaired) electrons. The molecule has 3 atom stereocenters. The van der Waals surface area contributed by atoms with Gasteiger partial charge in [0.2, 0.25) is 11.8 Å². The molecule has 0 aromatic carbocycles. The molecule has 2 fully saturated rings. The molecule has 5 nitrogen and oxygen atoms in total. The zero-order valence-corrected chi connectivity index (χ0v) is 12.0. The van der Waals surface area contributed by atoms with Crippen LogP contribution in [-0.4, -0.2) is 35.8 Å². The van der Waals surface area contributed by atoms with Gasteiger partial charge in [-0.3, -0.25) is 9.59 Å². The predicted molar refractivity (Wildman–Crippen MR) is 75.7 cm³/mol. The number of likely N-dealkylation sites (tertiary alicyclic amines) is 1. The molecule has 1 aliphatic heterocycles. The number of carbonyl (C=O) groups is 2. The van der Waals surface area contributed by atoms with E-state index in [2.05, 4.69) is 0 Å². The minimum Gasteiger partial charge on any atom is -0.370 e. The highest BCUT2D eigenvalue weighted by molar-refractivity contribution is 5.85.